The van der Waals surface area contributed by atoms with E-state index in [9.17, 15) is 0 Å². The van der Waals surface area contributed by atoms with Crippen LogP contribution < -0.4 is 22.5 Å². The van der Waals surface area contributed by atoms with Gasteiger partial charge in [0.25, 0.3) is 0 Å². The van der Waals surface area contributed by atoms with Gasteiger partial charge in [0.1, 0.15) is 0 Å². The molecule has 2 rings (SSSR count). The largest absolute Gasteiger partial charge is 0.473 e. The highest BCUT2D eigenvalue weighted by Gasteiger charge is 2.04. The Bertz CT molecular complexity index is 722. The number of hydrazine groups is 2. The van der Waals surface area contributed by atoms with Gasteiger partial charge in [0, 0.05) is 11.4 Å². The molecule has 0 heterocycles. The van der Waals surface area contributed by atoms with Crippen molar-refractivity contribution in [2.75, 3.05) is 10.9 Å². The summed E-state index contributed by atoms with van der Waals surface area (Å²) < 4.78 is 0. The van der Waals surface area contributed by atoms with E-state index in [1.165, 1.54) is 0 Å². The molecule has 2 aromatic carbocycles. The first-order chi connectivity index (χ1) is 12.4. The minimum Gasteiger partial charge on any atom is -0.473 e. The minimum absolute atomic E-state index is 0.638. The predicted octanol–water partition coefficient (Wildman–Crippen LogP) is 0.843. The summed E-state index contributed by atoms with van der Waals surface area (Å²) >= 11 is 0. The van der Waals surface area contributed by atoms with E-state index in [0.717, 1.165) is 11.4 Å². The van der Waals surface area contributed by atoms with Crippen LogP contribution in [0.1, 0.15) is 11.1 Å². The summed E-state index contributed by atoms with van der Waals surface area (Å²) in [5.41, 5.74) is 7.82. The molecule has 0 spiro atoms. The Morgan fingerprint density at radius 2 is 1.00 bits per heavy atom. The molecule has 2 aromatic rings. The van der Waals surface area contributed by atoms with Crippen LogP contribution in [0.5, 0.6) is 0 Å². The highest BCUT2D eigenvalue weighted by Crippen LogP contribution is 2.06. The third kappa shape index (κ3) is 9.12. The first-order valence-electron chi connectivity index (χ1n) is 6.77. The maximum absolute atomic E-state index is 9.10. The molecule has 10 nitrogen and oxygen atoms in total. The molecule has 0 fully saturated rings. The van der Waals surface area contributed by atoms with Gasteiger partial charge in [0.15, 0.2) is 0 Å². The average molecular weight is 356 g/mol. The second kappa shape index (κ2) is 12.3. The second-order valence-electron chi connectivity index (χ2n) is 4.28. The van der Waals surface area contributed by atoms with Crippen LogP contribution in [-0.4, -0.2) is 22.2 Å². The molecule has 0 atom stereocenters. The van der Waals surface area contributed by atoms with Crippen LogP contribution in [-0.2, 0) is 9.59 Å². The number of anilines is 2. The number of aliphatic carboxylic acids is 2. The predicted molar refractivity (Wildman–Crippen MR) is 93.2 cm³/mol. The molecular formula is C16H16N6O4. The van der Waals surface area contributed by atoms with Crippen LogP contribution in [0.15, 0.2) is 48.5 Å². The van der Waals surface area contributed by atoms with E-state index in [0.29, 0.717) is 11.1 Å². The molecule has 26 heavy (non-hydrogen) atoms. The van der Waals surface area contributed by atoms with Crippen LogP contribution in [0.25, 0.3) is 0 Å². The fraction of sp³-hybridized carbons (Fsp3) is 0. The van der Waals surface area contributed by atoms with Crippen LogP contribution >= 0.6 is 0 Å². The maximum Gasteiger partial charge on any atom is 0.414 e. The van der Waals surface area contributed by atoms with Gasteiger partial charge in [-0.2, -0.15) is 10.5 Å². The first kappa shape index (κ1) is 21.9. The summed E-state index contributed by atoms with van der Waals surface area (Å²) in [4.78, 5) is 18.2. The van der Waals surface area contributed by atoms with Crippen molar-refractivity contribution in [3.8, 4) is 12.1 Å². The first-order valence-corrected chi connectivity index (χ1v) is 6.77. The lowest BCUT2D eigenvalue weighted by Gasteiger charge is -1.96. The number of nitrogen functional groups attached to an aromatic ring is 2. The van der Waals surface area contributed by atoms with Gasteiger partial charge in [0.05, 0.1) is 23.3 Å². The smallest absolute Gasteiger partial charge is 0.414 e. The number of hydrogen-bond acceptors (Lipinski definition) is 8. The molecule has 0 radical (unpaired) electrons. The van der Waals surface area contributed by atoms with Crippen molar-refractivity contribution in [3.63, 3.8) is 0 Å². The Labute approximate surface area is 148 Å². The SMILES string of the molecule is N#Cc1ccc(NN)cc1.N#Cc1ccc(NN)cc1.O=C(O)C(=O)O. The molecule has 0 aliphatic carbocycles. The summed E-state index contributed by atoms with van der Waals surface area (Å²) in [6, 6.07) is 17.8. The van der Waals surface area contributed by atoms with Gasteiger partial charge in [-0.15, -0.1) is 0 Å². The molecule has 10 heteroatoms. The standard InChI is InChI=1S/2C7H7N3.C2H2O4/c2*8-5-6-1-3-7(10-9)4-2-6;3-1(4)2(5)6/h2*1-4,10H,9H2;(H,3,4)(H,5,6). The Balaban J connectivity index is 0.000000375. The van der Waals surface area contributed by atoms with Crippen molar-refractivity contribution in [2.45, 2.75) is 0 Å². The topological polar surface area (TPSA) is 198 Å². The number of carboxylic acid groups (broad SMARTS) is 2. The Morgan fingerprint density at radius 1 is 0.731 bits per heavy atom. The number of carbonyl (C=O) groups is 2. The summed E-state index contributed by atoms with van der Waals surface area (Å²) in [5.74, 6) is 6.57. The van der Waals surface area contributed by atoms with Crippen LogP contribution in [0.4, 0.5) is 11.4 Å². The highest BCUT2D eigenvalue weighted by atomic mass is 16.4. The third-order valence-electron chi connectivity index (χ3n) is 2.54. The number of benzene rings is 2. The fourth-order valence-corrected chi connectivity index (χ4v) is 1.28. The molecule has 0 saturated heterocycles. The number of nitriles is 2. The van der Waals surface area contributed by atoms with Crippen LogP contribution in [0, 0.1) is 22.7 Å². The normalized spacial score (nSPS) is 8.15. The van der Waals surface area contributed by atoms with Crippen LogP contribution in [0.3, 0.4) is 0 Å². The molecule has 0 aromatic heterocycles. The number of rotatable bonds is 2. The summed E-state index contributed by atoms with van der Waals surface area (Å²) in [6.45, 7) is 0. The van der Waals surface area contributed by atoms with Gasteiger partial charge in [-0.25, -0.2) is 9.59 Å². The van der Waals surface area contributed by atoms with Crippen LogP contribution in [0.2, 0.25) is 0 Å². The monoisotopic (exact) mass is 356 g/mol. The van der Waals surface area contributed by atoms with Crippen molar-refractivity contribution in [3.05, 3.63) is 59.7 Å². The number of hydrogen-bond donors (Lipinski definition) is 6. The zero-order valence-electron chi connectivity index (χ0n) is 13.4. The Kier molecular flexibility index (Phi) is 10.4. The van der Waals surface area contributed by atoms with Gasteiger partial charge in [0.2, 0.25) is 0 Å². The number of carboxylic acids is 2. The van der Waals surface area contributed by atoms with E-state index in [-0.39, 0.29) is 0 Å². The van der Waals surface area contributed by atoms with Gasteiger partial charge in [-0.3, -0.25) is 11.7 Å². The second-order valence-corrected chi connectivity index (χ2v) is 4.28. The van der Waals surface area contributed by atoms with Gasteiger partial charge >= 0.3 is 11.9 Å². The summed E-state index contributed by atoms with van der Waals surface area (Å²) in [7, 11) is 0. The van der Waals surface area contributed by atoms with E-state index in [2.05, 4.69) is 10.9 Å². The van der Waals surface area contributed by atoms with E-state index < -0.39 is 11.9 Å². The summed E-state index contributed by atoms with van der Waals surface area (Å²) in [5, 5.41) is 31.6. The van der Waals surface area contributed by atoms with Crippen molar-refractivity contribution in [2.24, 2.45) is 11.7 Å². The van der Waals surface area contributed by atoms with E-state index in [1.54, 1.807) is 48.5 Å². The Hall–Kier alpha value is -4.12. The highest BCUT2D eigenvalue weighted by molar-refractivity contribution is 6.27. The van der Waals surface area contributed by atoms with Crippen molar-refractivity contribution in [1.82, 2.24) is 0 Å². The molecular weight excluding hydrogens is 340 g/mol. The number of nitrogens with one attached hydrogen (secondary N) is 2. The summed E-state index contributed by atoms with van der Waals surface area (Å²) in [6.07, 6.45) is 0. The molecule has 8 N–H and O–H groups in total. The maximum atomic E-state index is 9.10. The quantitative estimate of drug-likeness (QED) is 0.254. The molecule has 0 saturated carbocycles. The van der Waals surface area contributed by atoms with Crippen molar-refractivity contribution >= 4 is 23.3 Å². The lowest BCUT2D eigenvalue weighted by atomic mass is 10.2. The van der Waals surface area contributed by atoms with Gasteiger partial charge < -0.3 is 21.1 Å². The van der Waals surface area contributed by atoms with Gasteiger partial charge in [-0.05, 0) is 48.5 Å². The molecule has 0 unspecified atom stereocenters. The fourth-order valence-electron chi connectivity index (χ4n) is 1.28. The van der Waals surface area contributed by atoms with E-state index in [1.807, 2.05) is 12.1 Å². The number of nitrogens with zero attached hydrogens (tertiary/aromatic N) is 2. The molecule has 0 bridgehead atoms. The molecule has 134 valence electrons. The minimum atomic E-state index is -1.82. The van der Waals surface area contributed by atoms with E-state index in [4.69, 9.17) is 42.0 Å². The van der Waals surface area contributed by atoms with Crippen molar-refractivity contribution in [1.29, 1.82) is 10.5 Å². The van der Waals surface area contributed by atoms with Gasteiger partial charge in [-0.1, -0.05) is 0 Å². The molecule has 0 aliphatic rings. The third-order valence-corrected chi connectivity index (χ3v) is 2.54. The van der Waals surface area contributed by atoms with Crippen molar-refractivity contribution < 1.29 is 19.8 Å². The zero-order valence-corrected chi connectivity index (χ0v) is 13.4. The number of nitrogens with two attached hydrogens (primary N) is 2. The molecule has 0 aliphatic heterocycles. The van der Waals surface area contributed by atoms with E-state index >= 15 is 0 Å². The lowest BCUT2D eigenvalue weighted by molar-refractivity contribution is -0.159. The zero-order chi connectivity index (χ0) is 19.9. The lowest BCUT2D eigenvalue weighted by Crippen LogP contribution is -2.09. The Morgan fingerprint density at radius 3 is 1.15 bits per heavy atom. The average Bonchev–Trinajstić information content (AvgIpc) is 2.69. The molecule has 0 amide bonds.